The van der Waals surface area contributed by atoms with E-state index in [9.17, 15) is 14.4 Å². The lowest BCUT2D eigenvalue weighted by Gasteiger charge is -2.26. The average Bonchev–Trinajstić information content (AvgIpc) is 2.92. The lowest BCUT2D eigenvalue weighted by molar-refractivity contribution is -0.138. The molecule has 0 saturated heterocycles. The zero-order valence-corrected chi connectivity index (χ0v) is 26.2. The Bertz CT molecular complexity index is 470. The highest BCUT2D eigenvalue weighted by molar-refractivity contribution is 5.67. The molecule has 0 saturated carbocycles. The summed E-state index contributed by atoms with van der Waals surface area (Å²) < 4.78 is 0. The fourth-order valence-corrected chi connectivity index (χ4v) is 3.56. The first-order chi connectivity index (χ1) is 19.1. The topological polar surface area (TPSA) is 173 Å². The summed E-state index contributed by atoms with van der Waals surface area (Å²) >= 11 is 0. The van der Waals surface area contributed by atoms with E-state index in [2.05, 4.69) is 20.8 Å². The minimum absolute atomic E-state index is 0.145. The monoisotopic (exact) mass is 580 g/mol. The number of carboxylic acid groups (broad SMARTS) is 3. The Hall–Kier alpha value is -1.71. The first-order valence-electron chi connectivity index (χ1n) is 15.5. The molecular formula is C31H64O9. The third-order valence-electron chi connectivity index (χ3n) is 6.27. The lowest BCUT2D eigenvalue weighted by Crippen LogP contribution is -2.33. The van der Waals surface area contributed by atoms with Crippen molar-refractivity contribution >= 4 is 17.9 Å². The second kappa shape index (κ2) is 37.3. The summed E-state index contributed by atoms with van der Waals surface area (Å²) in [6.07, 6.45) is 19.2. The molecule has 0 amide bonds. The van der Waals surface area contributed by atoms with Gasteiger partial charge in [-0.3, -0.25) is 14.4 Å². The van der Waals surface area contributed by atoms with E-state index in [1.54, 1.807) is 0 Å². The van der Waals surface area contributed by atoms with Crippen molar-refractivity contribution in [1.29, 1.82) is 0 Å². The molecular weight excluding hydrogens is 516 g/mol. The van der Waals surface area contributed by atoms with Gasteiger partial charge in [-0.2, -0.15) is 0 Å². The lowest BCUT2D eigenvalue weighted by atomic mass is 9.86. The number of carboxylic acids is 3. The summed E-state index contributed by atoms with van der Waals surface area (Å²) in [7, 11) is 0. The molecule has 0 radical (unpaired) electrons. The first kappa shape index (κ1) is 45.3. The molecule has 0 atom stereocenters. The minimum Gasteiger partial charge on any atom is -0.481 e. The quantitative estimate of drug-likeness (QED) is 0.0692. The second-order valence-electron chi connectivity index (χ2n) is 10.4. The van der Waals surface area contributed by atoms with Crippen molar-refractivity contribution in [3.63, 3.8) is 0 Å². The molecule has 0 aliphatic carbocycles. The maximum Gasteiger partial charge on any atom is 0.303 e. The van der Waals surface area contributed by atoms with Crippen LogP contribution in [-0.4, -0.2) is 68.4 Å². The number of aliphatic hydroxyl groups excluding tert-OH is 3. The van der Waals surface area contributed by atoms with Gasteiger partial charge in [0, 0.05) is 24.7 Å². The zero-order chi connectivity index (χ0) is 31.5. The van der Waals surface area contributed by atoms with E-state index in [0.29, 0.717) is 25.7 Å². The van der Waals surface area contributed by atoms with Crippen LogP contribution in [0.4, 0.5) is 0 Å². The van der Waals surface area contributed by atoms with Crippen LogP contribution in [0.2, 0.25) is 0 Å². The molecule has 0 unspecified atom stereocenters. The Morgan fingerprint density at radius 3 is 0.825 bits per heavy atom. The standard InChI is InChI=1S/3C8H16O2.C7H16O3/c3*1-2-3-4-5-6-7-8(9)10;1-2-3-7(4-8,5-9)6-10/h3*2-7H2,1H3,(H,9,10);8-10H,2-6H2,1H3. The molecule has 0 fully saturated rings. The summed E-state index contributed by atoms with van der Waals surface area (Å²) in [5.74, 6) is -2.01. The van der Waals surface area contributed by atoms with Crippen molar-refractivity contribution in [3.8, 4) is 0 Å². The molecule has 0 heterocycles. The van der Waals surface area contributed by atoms with E-state index in [1.165, 1.54) is 57.8 Å². The average molecular weight is 581 g/mol. The van der Waals surface area contributed by atoms with Gasteiger partial charge < -0.3 is 30.6 Å². The van der Waals surface area contributed by atoms with E-state index in [0.717, 1.165) is 44.9 Å². The Morgan fingerprint density at radius 2 is 0.675 bits per heavy atom. The molecule has 242 valence electrons. The highest BCUT2D eigenvalue weighted by Crippen LogP contribution is 2.21. The molecule has 0 aromatic heterocycles. The molecule has 9 heteroatoms. The normalized spacial score (nSPS) is 10.3. The summed E-state index contributed by atoms with van der Waals surface area (Å²) in [6, 6.07) is 0. The van der Waals surface area contributed by atoms with E-state index in [4.69, 9.17) is 30.6 Å². The predicted molar refractivity (Wildman–Crippen MR) is 162 cm³/mol. The first-order valence-corrected chi connectivity index (χ1v) is 15.5. The minimum atomic E-state index is -0.670. The van der Waals surface area contributed by atoms with Gasteiger partial charge in [0.25, 0.3) is 0 Å². The predicted octanol–water partition coefficient (Wildman–Crippen LogP) is 7.04. The summed E-state index contributed by atoms with van der Waals surface area (Å²) in [5.41, 5.74) is -0.658. The van der Waals surface area contributed by atoms with Gasteiger partial charge in [-0.25, -0.2) is 0 Å². The molecule has 0 aliphatic rings. The number of rotatable bonds is 23. The highest BCUT2D eigenvalue weighted by atomic mass is 16.4. The molecule has 9 nitrogen and oxygen atoms in total. The van der Waals surface area contributed by atoms with E-state index in [1.807, 2.05) is 6.92 Å². The molecule has 0 aromatic rings. The SMILES string of the molecule is CCCC(CO)(CO)CO.CCCCCCCC(=O)O.CCCCCCCC(=O)O.CCCCCCCC(=O)O. The number of unbranched alkanes of at least 4 members (excludes halogenated alkanes) is 12. The van der Waals surface area contributed by atoms with Crippen LogP contribution in [0, 0.1) is 5.41 Å². The number of aliphatic hydroxyl groups is 3. The van der Waals surface area contributed by atoms with Crippen molar-refractivity contribution in [2.24, 2.45) is 5.41 Å². The van der Waals surface area contributed by atoms with Gasteiger partial charge in [0.1, 0.15) is 0 Å². The van der Waals surface area contributed by atoms with Crippen molar-refractivity contribution in [2.75, 3.05) is 19.8 Å². The Balaban J connectivity index is -0.000000216. The van der Waals surface area contributed by atoms with Gasteiger partial charge in [0.2, 0.25) is 0 Å². The number of aliphatic carboxylic acids is 3. The van der Waals surface area contributed by atoms with Crippen LogP contribution in [0.25, 0.3) is 0 Å². The molecule has 6 N–H and O–H groups in total. The molecule has 0 spiro atoms. The molecule has 40 heavy (non-hydrogen) atoms. The third kappa shape index (κ3) is 43.3. The van der Waals surface area contributed by atoms with Gasteiger partial charge in [-0.05, 0) is 25.7 Å². The van der Waals surface area contributed by atoms with Crippen molar-refractivity contribution < 1.29 is 45.0 Å². The summed E-state index contributed by atoms with van der Waals surface area (Å²) in [6.45, 7) is 7.97. The molecule has 0 aliphatic heterocycles. The van der Waals surface area contributed by atoms with Crippen molar-refractivity contribution in [1.82, 2.24) is 0 Å². The van der Waals surface area contributed by atoms with E-state index < -0.39 is 23.3 Å². The summed E-state index contributed by atoms with van der Waals surface area (Å²) in [5, 5.41) is 51.2. The van der Waals surface area contributed by atoms with Crippen LogP contribution < -0.4 is 0 Å². The Labute approximate surface area is 244 Å². The molecule has 0 bridgehead atoms. The fourth-order valence-electron chi connectivity index (χ4n) is 3.56. The largest absolute Gasteiger partial charge is 0.481 e. The Kier molecular flexibility index (Phi) is 42.2. The smallest absolute Gasteiger partial charge is 0.303 e. The zero-order valence-electron chi connectivity index (χ0n) is 26.2. The van der Waals surface area contributed by atoms with Crippen LogP contribution in [0.5, 0.6) is 0 Å². The maximum absolute atomic E-state index is 10.0. The van der Waals surface area contributed by atoms with E-state index >= 15 is 0 Å². The van der Waals surface area contributed by atoms with Gasteiger partial charge in [-0.15, -0.1) is 0 Å². The van der Waals surface area contributed by atoms with Crippen LogP contribution in [0.1, 0.15) is 156 Å². The van der Waals surface area contributed by atoms with Crippen LogP contribution in [0.15, 0.2) is 0 Å². The number of carbonyl (C=O) groups is 3. The number of hydrogen-bond donors (Lipinski definition) is 6. The molecule has 0 aromatic carbocycles. The van der Waals surface area contributed by atoms with Crippen LogP contribution >= 0.6 is 0 Å². The van der Waals surface area contributed by atoms with E-state index in [-0.39, 0.29) is 19.8 Å². The summed E-state index contributed by atoms with van der Waals surface area (Å²) in [4.78, 5) is 30.1. The van der Waals surface area contributed by atoms with Crippen molar-refractivity contribution in [3.05, 3.63) is 0 Å². The molecule has 0 rings (SSSR count). The van der Waals surface area contributed by atoms with Crippen molar-refractivity contribution in [2.45, 2.75) is 156 Å². The highest BCUT2D eigenvalue weighted by Gasteiger charge is 2.26. The van der Waals surface area contributed by atoms with Gasteiger partial charge >= 0.3 is 17.9 Å². The number of hydrogen-bond acceptors (Lipinski definition) is 6. The van der Waals surface area contributed by atoms with Gasteiger partial charge in [-0.1, -0.05) is 111 Å². The van der Waals surface area contributed by atoms with Crippen LogP contribution in [-0.2, 0) is 14.4 Å². The fraction of sp³-hybridized carbons (Fsp3) is 0.903. The second-order valence-corrected chi connectivity index (χ2v) is 10.4. The Morgan fingerprint density at radius 1 is 0.425 bits per heavy atom. The van der Waals surface area contributed by atoms with Crippen LogP contribution in [0.3, 0.4) is 0 Å². The van der Waals surface area contributed by atoms with Gasteiger partial charge in [0.15, 0.2) is 0 Å². The maximum atomic E-state index is 10.0. The van der Waals surface area contributed by atoms with Gasteiger partial charge in [0.05, 0.1) is 19.8 Å². The third-order valence-corrected chi connectivity index (χ3v) is 6.27.